The average Bonchev–Trinajstić information content (AvgIpc) is 1.36. The third-order valence-electron chi connectivity index (χ3n) is 20.1. The highest BCUT2D eigenvalue weighted by molar-refractivity contribution is 6.10. The van der Waals surface area contributed by atoms with Gasteiger partial charge in [0.2, 0.25) is 0 Å². The van der Waals surface area contributed by atoms with Crippen LogP contribution < -0.4 is 9.30 Å². The zero-order chi connectivity index (χ0) is 78.4. The van der Waals surface area contributed by atoms with Gasteiger partial charge in [0, 0.05) is 23.0 Å². The minimum atomic E-state index is -0.744. The molecule has 1 aliphatic heterocycles. The molecule has 3 aromatic heterocycles. The topological polar surface area (TPSA) is 35.9 Å². The molecular formula is C92H84N4O. The van der Waals surface area contributed by atoms with Crippen molar-refractivity contribution < 1.29 is 27.1 Å². The van der Waals surface area contributed by atoms with E-state index in [1.165, 1.54) is 11.1 Å². The summed E-state index contributed by atoms with van der Waals surface area (Å²) in [5, 5.41) is 2.07. The number of pyridine rings is 1. The molecule has 0 radical (unpaired) electrons. The van der Waals surface area contributed by atoms with Crippen LogP contribution in [-0.2, 0) is 27.1 Å². The number of aromatic nitrogens is 4. The molecule has 0 unspecified atom stereocenters. The fourth-order valence-electron chi connectivity index (χ4n) is 14.5. The Balaban J connectivity index is 1.05. The van der Waals surface area contributed by atoms with E-state index in [0.717, 1.165) is 102 Å². The van der Waals surface area contributed by atoms with Crippen molar-refractivity contribution in [2.24, 2.45) is 0 Å². The van der Waals surface area contributed by atoms with Gasteiger partial charge in [-0.25, -0.2) is 4.98 Å². The van der Waals surface area contributed by atoms with Gasteiger partial charge in [0.1, 0.15) is 17.3 Å². The Morgan fingerprint density at radius 1 is 0.433 bits per heavy atom. The van der Waals surface area contributed by atoms with Gasteiger partial charge in [-0.15, -0.1) is 0 Å². The second-order valence-electron chi connectivity index (χ2n) is 30.7. The van der Waals surface area contributed by atoms with Crippen molar-refractivity contribution in [2.45, 2.75) is 130 Å². The van der Waals surface area contributed by atoms with Crippen LogP contribution in [0.3, 0.4) is 0 Å². The fourth-order valence-corrected chi connectivity index (χ4v) is 14.5. The Morgan fingerprint density at radius 3 is 1.62 bits per heavy atom. The van der Waals surface area contributed by atoms with E-state index >= 15 is 0 Å². The minimum absolute atomic E-state index is 0.147. The van der Waals surface area contributed by atoms with Crippen LogP contribution in [0.15, 0.2) is 249 Å². The second-order valence-corrected chi connectivity index (χ2v) is 30.7. The predicted molar refractivity (Wildman–Crippen MR) is 405 cm³/mol. The standard InChI is InChI=1S/C92H84N4O/c1-88(2,3)65-40-43-93-85(52-65)96-82-37-23-22-34-74(82)75-39-38-70(54-83(75)96)97-69-31-24-30-68(53-69)94-57-95-86-71(64-47-66(89(4,5)6)51-67(48-64)90(7,8)9)35-25-36-76(86)78-56-81-80(91(10,11)41-42-92(81,12)13)55-77(78)72-32-20-21-33-73(72)79-49-63(50-84(94)87(79)95)62-45-60(58-26-16-14-17-27-58)44-61(46-62)59-28-18-15-19-29-59/h14-40,43-56H,41-42H2,1-13H3/i14D,15D,16D,17D,18D,19D,26D,27D,28D,29D,44D,45D,46D. The lowest BCUT2D eigenvalue weighted by Gasteiger charge is -2.42. The molecule has 14 aromatic rings. The molecule has 0 atom stereocenters. The summed E-state index contributed by atoms with van der Waals surface area (Å²) in [5.74, 6) is 1.79. The molecule has 2 aliphatic rings. The van der Waals surface area contributed by atoms with Crippen LogP contribution in [0.5, 0.6) is 11.5 Å². The Kier molecular flexibility index (Phi) is 11.3. The third kappa shape index (κ3) is 10.8. The lowest BCUT2D eigenvalue weighted by molar-refractivity contribution is -0.570. The number of rotatable bonds is 8. The smallest absolute Gasteiger partial charge is 0.269 e. The quantitative estimate of drug-likeness (QED) is 0.112. The first-order valence-electron chi connectivity index (χ1n) is 40.1. The van der Waals surface area contributed by atoms with Crippen molar-refractivity contribution in [3.05, 3.63) is 283 Å². The minimum Gasteiger partial charge on any atom is -0.458 e. The largest absolute Gasteiger partial charge is 0.458 e. The molecule has 11 aromatic carbocycles. The number of hydrogen-bond acceptors (Lipinski definition) is 2. The van der Waals surface area contributed by atoms with E-state index in [-0.39, 0.29) is 38.2 Å². The van der Waals surface area contributed by atoms with Gasteiger partial charge in [-0.1, -0.05) is 247 Å². The van der Waals surface area contributed by atoms with Crippen LogP contribution >= 0.6 is 0 Å². The Hall–Kier alpha value is -10.4. The van der Waals surface area contributed by atoms with Crippen LogP contribution in [0.4, 0.5) is 0 Å². The molecule has 5 heteroatoms. The van der Waals surface area contributed by atoms with Crippen LogP contribution in [0.25, 0.3) is 128 Å². The Labute approximate surface area is 590 Å². The van der Waals surface area contributed by atoms with Crippen molar-refractivity contribution >= 4 is 32.8 Å². The molecule has 478 valence electrons. The molecule has 0 amide bonds. The van der Waals surface area contributed by atoms with Gasteiger partial charge in [0.05, 0.1) is 51.3 Å². The van der Waals surface area contributed by atoms with Crippen molar-refractivity contribution in [2.75, 3.05) is 0 Å². The summed E-state index contributed by atoms with van der Waals surface area (Å²) >= 11 is 0. The summed E-state index contributed by atoms with van der Waals surface area (Å²) in [7, 11) is 0. The van der Waals surface area contributed by atoms with E-state index in [2.05, 4.69) is 196 Å². The fraction of sp³-hybridized carbons (Fsp3) is 0.217. The maximum atomic E-state index is 10.6. The van der Waals surface area contributed by atoms with E-state index < -0.39 is 101 Å². The highest BCUT2D eigenvalue weighted by Crippen LogP contribution is 2.53. The Bertz CT molecular complexity index is 6130. The van der Waals surface area contributed by atoms with Gasteiger partial charge < -0.3 is 4.74 Å². The van der Waals surface area contributed by atoms with Gasteiger partial charge in [-0.2, -0.15) is 0 Å². The van der Waals surface area contributed by atoms with Crippen LogP contribution in [0.2, 0.25) is 0 Å². The second kappa shape index (κ2) is 22.6. The van der Waals surface area contributed by atoms with Crippen molar-refractivity contribution in [3.8, 4) is 107 Å². The van der Waals surface area contributed by atoms with E-state index in [1.807, 2.05) is 83.6 Å². The number of imidazole rings is 1. The van der Waals surface area contributed by atoms with Crippen molar-refractivity contribution in [3.63, 3.8) is 0 Å². The molecule has 4 heterocycles. The summed E-state index contributed by atoms with van der Waals surface area (Å²) in [4.78, 5) is 4.95. The van der Waals surface area contributed by atoms with Crippen molar-refractivity contribution in [1.29, 1.82) is 0 Å². The van der Waals surface area contributed by atoms with Crippen molar-refractivity contribution in [1.82, 2.24) is 14.1 Å². The maximum Gasteiger partial charge on any atom is 0.269 e. The molecule has 5 nitrogen and oxygen atoms in total. The Morgan fingerprint density at radius 2 is 0.979 bits per heavy atom. The molecule has 0 saturated carbocycles. The number of nitrogens with zero attached hydrogens (tertiary/aromatic N) is 4. The monoisotopic (exact) mass is 1270 g/mol. The van der Waals surface area contributed by atoms with Crippen LogP contribution in [-0.4, -0.2) is 14.1 Å². The van der Waals surface area contributed by atoms with Gasteiger partial charge in [-0.3, -0.25) is 13.7 Å². The molecule has 97 heavy (non-hydrogen) atoms. The lowest BCUT2D eigenvalue weighted by atomic mass is 9.62. The molecule has 0 N–H and O–H groups in total. The summed E-state index contributed by atoms with van der Waals surface area (Å²) < 4.78 is 136. The van der Waals surface area contributed by atoms with E-state index in [1.54, 1.807) is 0 Å². The van der Waals surface area contributed by atoms with E-state index in [9.17, 15) is 9.60 Å². The first kappa shape index (κ1) is 48.4. The number of para-hydroxylation sites is 2. The first-order valence-corrected chi connectivity index (χ1v) is 33.6. The van der Waals surface area contributed by atoms with Crippen LogP contribution in [0.1, 0.15) is 148 Å². The number of fused-ring (bicyclic) bond motifs is 11. The SMILES string of the molecule is [2H]c1c([2H])c([2H])c(-c2c([2H])c(-c3cc4c5c(c3)n(-c3cccc(Oc6ccc7c8ccccc8n(-c8cc(C(C)(C)C)ccn8)c7c6)c3)[c-][n+]5-c3c(-c5cc(C(C)(C)C)cc(C(C)(C)C)c5)cccc3-c3cc5c(cc3-c3ccccc3-4)C(C)(C)CCC5(C)C)c([2H])c(-c3c([2H])c([2H])c([2H])c([2H])c3[2H])c2[2H])c([2H])c1[2H]. The normalized spacial score (nSPS) is 16.0. The molecule has 0 saturated heterocycles. The molecular weight excluding hydrogens is 1180 g/mol. The van der Waals surface area contributed by atoms with Gasteiger partial charge >= 0.3 is 0 Å². The zero-order valence-corrected chi connectivity index (χ0v) is 57.3. The van der Waals surface area contributed by atoms with E-state index in [0.29, 0.717) is 33.8 Å². The van der Waals surface area contributed by atoms with Gasteiger partial charge in [0.25, 0.3) is 6.33 Å². The van der Waals surface area contributed by atoms with Crippen LogP contribution in [0, 0.1) is 6.33 Å². The first-order chi connectivity index (χ1) is 51.9. The molecule has 16 rings (SSSR count). The van der Waals surface area contributed by atoms with Gasteiger partial charge in [0.15, 0.2) is 0 Å². The summed E-state index contributed by atoms with van der Waals surface area (Å²) in [6, 6.07) is 47.3. The molecule has 1 aliphatic carbocycles. The summed E-state index contributed by atoms with van der Waals surface area (Å²) in [5.41, 5.74) is 14.1. The molecule has 0 spiro atoms. The molecule has 0 bridgehead atoms. The number of ether oxygens (including phenoxy) is 1. The third-order valence-corrected chi connectivity index (χ3v) is 20.1. The average molecular weight is 1270 g/mol. The number of hydrogen-bond donors (Lipinski definition) is 0. The summed E-state index contributed by atoms with van der Waals surface area (Å²) in [6.07, 6.45) is 7.78. The zero-order valence-electron chi connectivity index (χ0n) is 70.3. The van der Waals surface area contributed by atoms with Gasteiger partial charge in [-0.05, 0) is 224 Å². The van der Waals surface area contributed by atoms with E-state index in [4.69, 9.17) is 17.9 Å². The lowest BCUT2D eigenvalue weighted by Crippen LogP contribution is -2.34. The highest BCUT2D eigenvalue weighted by atomic mass is 16.5. The predicted octanol–water partition coefficient (Wildman–Crippen LogP) is 24.2. The maximum absolute atomic E-state index is 10.6. The highest BCUT2D eigenvalue weighted by Gasteiger charge is 2.39. The number of benzene rings is 11. The molecule has 0 fully saturated rings. The summed E-state index contributed by atoms with van der Waals surface area (Å²) in [6.45, 7) is 29.3.